The van der Waals surface area contributed by atoms with Crippen LogP contribution in [0.5, 0.6) is 5.75 Å². The van der Waals surface area contributed by atoms with Gasteiger partial charge in [0.15, 0.2) is 17.0 Å². The van der Waals surface area contributed by atoms with E-state index >= 15 is 0 Å². The highest BCUT2D eigenvalue weighted by atomic mass is 35.5. The molecule has 0 unspecified atom stereocenters. The molecule has 2 N–H and O–H groups in total. The summed E-state index contributed by atoms with van der Waals surface area (Å²) in [5, 5.41) is 7.67. The first-order valence-electron chi connectivity index (χ1n) is 13.8. The Bertz CT molecular complexity index is 1500. The second-order valence-electron chi connectivity index (χ2n) is 11.2. The van der Waals surface area contributed by atoms with Crippen LogP contribution in [0.25, 0.3) is 22.6 Å². The van der Waals surface area contributed by atoms with Crippen LogP contribution in [0.2, 0.25) is 5.02 Å². The van der Waals surface area contributed by atoms with Crippen LogP contribution in [0.3, 0.4) is 0 Å². The van der Waals surface area contributed by atoms with Crippen LogP contribution in [0.4, 0.5) is 5.82 Å². The Morgan fingerprint density at radius 1 is 1.10 bits per heavy atom. The van der Waals surface area contributed by atoms with Crippen LogP contribution in [0, 0.1) is 12.8 Å². The molecule has 3 saturated carbocycles. The molecule has 4 heterocycles. The minimum atomic E-state index is 0.176. The molecule has 0 spiro atoms. The first-order valence-corrected chi connectivity index (χ1v) is 14.2. The third-order valence-electron chi connectivity index (χ3n) is 8.31. The van der Waals surface area contributed by atoms with E-state index in [1.165, 1.54) is 19.3 Å². The Kier molecular flexibility index (Phi) is 6.37. The number of benzene rings is 1. The zero-order chi connectivity index (χ0) is 26.4. The summed E-state index contributed by atoms with van der Waals surface area (Å²) in [4.78, 5) is 21.4. The Balaban J connectivity index is 1.20. The predicted molar refractivity (Wildman–Crippen MR) is 152 cm³/mol. The van der Waals surface area contributed by atoms with Crippen molar-refractivity contribution in [2.45, 2.75) is 38.3 Å². The molecule has 0 amide bonds. The molecule has 4 fully saturated rings. The molecule has 9 nitrogen and oxygen atoms in total. The fourth-order valence-electron chi connectivity index (χ4n) is 6.11. The van der Waals surface area contributed by atoms with Gasteiger partial charge >= 0.3 is 0 Å². The first kappa shape index (κ1) is 24.7. The van der Waals surface area contributed by atoms with Crippen molar-refractivity contribution in [3.8, 4) is 17.1 Å². The van der Waals surface area contributed by atoms with E-state index in [0.717, 1.165) is 84.0 Å². The monoisotopic (exact) mass is 544 g/mol. The number of rotatable bonds is 9. The second kappa shape index (κ2) is 10.0. The summed E-state index contributed by atoms with van der Waals surface area (Å²) in [6, 6.07) is 9.94. The number of pyridine rings is 1. The van der Waals surface area contributed by atoms with Gasteiger partial charge in [0.1, 0.15) is 24.5 Å². The lowest BCUT2D eigenvalue weighted by Gasteiger charge is -2.62. The summed E-state index contributed by atoms with van der Waals surface area (Å²) in [6.07, 6.45) is 7.09. The molecule has 3 aromatic heterocycles. The van der Waals surface area contributed by atoms with Crippen molar-refractivity contribution in [2.24, 2.45) is 5.92 Å². The number of ether oxygens (including phenoxy) is 1. The normalized spacial score (nSPS) is 22.4. The van der Waals surface area contributed by atoms with E-state index in [9.17, 15) is 0 Å². The van der Waals surface area contributed by atoms with E-state index in [2.05, 4.69) is 48.0 Å². The van der Waals surface area contributed by atoms with Gasteiger partial charge in [0.25, 0.3) is 0 Å². The van der Waals surface area contributed by atoms with Crippen molar-refractivity contribution in [2.75, 3.05) is 44.6 Å². The highest BCUT2D eigenvalue weighted by Crippen LogP contribution is 2.58. The summed E-state index contributed by atoms with van der Waals surface area (Å²) >= 11 is 6.88. The molecule has 2 bridgehead atoms. The van der Waals surface area contributed by atoms with Crippen molar-refractivity contribution in [1.29, 1.82) is 0 Å². The standard InChI is InChI=1S/C29H33ClN8O/c1-19-4-5-32-21(12-19)17-38-27(35-25-26(33-18-34-28(25)38)36-29-14-20(15-29)16-29)23-3-2-22(13-24(23)30)39-11-10-37-8-6-31-7-9-37/h2-5,12-13,18,20,31H,6-11,14-17H2,1H3,(H,33,34,36). The molecular weight excluding hydrogens is 512 g/mol. The lowest BCUT2D eigenvalue weighted by Crippen LogP contribution is -2.63. The fraction of sp³-hybridized carbons (Fsp3) is 0.448. The zero-order valence-electron chi connectivity index (χ0n) is 22.2. The molecule has 3 aliphatic carbocycles. The highest BCUT2D eigenvalue weighted by molar-refractivity contribution is 6.33. The quantitative estimate of drug-likeness (QED) is 0.325. The summed E-state index contributed by atoms with van der Waals surface area (Å²) in [7, 11) is 0. The van der Waals surface area contributed by atoms with Crippen molar-refractivity contribution >= 4 is 28.6 Å². The number of anilines is 1. The number of fused-ring (bicyclic) bond motifs is 1. The number of hydrogen-bond donors (Lipinski definition) is 2. The third-order valence-corrected chi connectivity index (χ3v) is 8.63. The topological polar surface area (TPSA) is 93.0 Å². The van der Waals surface area contributed by atoms with E-state index in [1.807, 2.05) is 30.5 Å². The molecule has 39 heavy (non-hydrogen) atoms. The van der Waals surface area contributed by atoms with Gasteiger partial charge in [-0.05, 0) is 68.0 Å². The number of hydrogen-bond acceptors (Lipinski definition) is 8. The van der Waals surface area contributed by atoms with Gasteiger partial charge in [-0.3, -0.25) is 9.88 Å². The van der Waals surface area contributed by atoms with E-state index in [-0.39, 0.29) is 5.54 Å². The number of piperazine rings is 1. The molecule has 4 aromatic rings. The smallest absolute Gasteiger partial charge is 0.166 e. The maximum Gasteiger partial charge on any atom is 0.166 e. The van der Waals surface area contributed by atoms with Gasteiger partial charge < -0.3 is 19.9 Å². The molecule has 1 aromatic carbocycles. The Morgan fingerprint density at radius 2 is 1.95 bits per heavy atom. The molecule has 202 valence electrons. The largest absolute Gasteiger partial charge is 0.492 e. The Labute approximate surface area is 233 Å². The van der Waals surface area contributed by atoms with Crippen LogP contribution in [-0.4, -0.2) is 74.3 Å². The zero-order valence-corrected chi connectivity index (χ0v) is 22.9. The van der Waals surface area contributed by atoms with Crippen LogP contribution < -0.4 is 15.4 Å². The average molecular weight is 545 g/mol. The first-order chi connectivity index (χ1) is 19.1. The van der Waals surface area contributed by atoms with Crippen LogP contribution in [0.15, 0.2) is 42.9 Å². The number of nitrogens with one attached hydrogen (secondary N) is 2. The van der Waals surface area contributed by atoms with Crippen molar-refractivity contribution < 1.29 is 4.74 Å². The van der Waals surface area contributed by atoms with Crippen molar-refractivity contribution in [3.63, 3.8) is 0 Å². The van der Waals surface area contributed by atoms with E-state index in [0.29, 0.717) is 18.2 Å². The maximum atomic E-state index is 6.88. The molecule has 4 aliphatic rings. The van der Waals surface area contributed by atoms with Crippen LogP contribution >= 0.6 is 11.6 Å². The lowest BCUT2D eigenvalue weighted by atomic mass is 9.50. The van der Waals surface area contributed by atoms with Gasteiger partial charge in [-0.15, -0.1) is 0 Å². The molecule has 10 heteroatoms. The minimum absolute atomic E-state index is 0.176. The second-order valence-corrected chi connectivity index (χ2v) is 11.6. The number of halogens is 1. The van der Waals surface area contributed by atoms with E-state index in [4.69, 9.17) is 21.3 Å². The number of nitrogens with zero attached hydrogens (tertiary/aromatic N) is 6. The summed E-state index contributed by atoms with van der Waals surface area (Å²) in [5.74, 6) is 3.16. The molecule has 1 aliphatic heterocycles. The molecule has 1 saturated heterocycles. The Hall–Kier alpha value is -3.27. The predicted octanol–water partition coefficient (Wildman–Crippen LogP) is 4.15. The summed E-state index contributed by atoms with van der Waals surface area (Å²) in [6.45, 7) is 8.29. The van der Waals surface area contributed by atoms with Crippen LogP contribution in [0.1, 0.15) is 30.5 Å². The summed E-state index contributed by atoms with van der Waals surface area (Å²) < 4.78 is 8.15. The van der Waals surface area contributed by atoms with E-state index < -0.39 is 0 Å². The highest BCUT2D eigenvalue weighted by Gasteiger charge is 2.57. The van der Waals surface area contributed by atoms with Crippen LogP contribution in [-0.2, 0) is 6.54 Å². The number of aromatic nitrogens is 5. The molecule has 8 rings (SSSR count). The molecular formula is C29H33ClN8O. The number of imidazole rings is 1. The van der Waals surface area contributed by atoms with Gasteiger partial charge in [0, 0.05) is 50.0 Å². The van der Waals surface area contributed by atoms with Gasteiger partial charge in [0.2, 0.25) is 0 Å². The van der Waals surface area contributed by atoms with Crippen molar-refractivity contribution in [3.05, 3.63) is 59.1 Å². The SMILES string of the molecule is Cc1ccnc(Cn2c(-c3ccc(OCCN4CCNCC4)cc3Cl)nc3c(NC45CC(C4)C5)ncnc32)c1. The summed E-state index contributed by atoms with van der Waals surface area (Å²) in [5.41, 5.74) is 4.63. The molecule has 0 radical (unpaired) electrons. The van der Waals surface area contributed by atoms with E-state index in [1.54, 1.807) is 6.33 Å². The third kappa shape index (κ3) is 4.83. The average Bonchev–Trinajstić information content (AvgIpc) is 3.25. The van der Waals surface area contributed by atoms with Gasteiger partial charge in [-0.2, -0.15) is 0 Å². The minimum Gasteiger partial charge on any atom is -0.492 e. The number of aryl methyl sites for hydroxylation is 1. The lowest BCUT2D eigenvalue weighted by molar-refractivity contribution is 0.00191. The van der Waals surface area contributed by atoms with Crippen molar-refractivity contribution in [1.82, 2.24) is 34.7 Å². The molecule has 0 atom stereocenters. The van der Waals surface area contributed by atoms with Gasteiger partial charge in [0.05, 0.1) is 17.3 Å². The fourth-order valence-corrected chi connectivity index (χ4v) is 6.36. The van der Waals surface area contributed by atoms with Gasteiger partial charge in [-0.1, -0.05) is 11.6 Å². The van der Waals surface area contributed by atoms with Gasteiger partial charge in [-0.25, -0.2) is 15.0 Å². The Morgan fingerprint density at radius 3 is 2.69 bits per heavy atom. The maximum absolute atomic E-state index is 6.88.